The van der Waals surface area contributed by atoms with Gasteiger partial charge in [0.1, 0.15) is 5.82 Å². The number of anilines is 4. The fourth-order valence-electron chi connectivity index (χ4n) is 3.01. The average Bonchev–Trinajstić information content (AvgIpc) is 2.55. The van der Waals surface area contributed by atoms with Crippen LogP contribution in [0.4, 0.5) is 23.1 Å². The Morgan fingerprint density at radius 3 is 2.20 bits per heavy atom. The first-order chi connectivity index (χ1) is 12.0. The molecule has 1 aromatic heterocycles. The zero-order chi connectivity index (χ0) is 17.8. The molecule has 3 rings (SSSR count). The fourth-order valence-corrected chi connectivity index (χ4v) is 3.01. The van der Waals surface area contributed by atoms with Gasteiger partial charge in [0.25, 0.3) is 0 Å². The van der Waals surface area contributed by atoms with E-state index in [-0.39, 0.29) is 0 Å². The molecule has 0 atom stereocenters. The van der Waals surface area contributed by atoms with E-state index in [4.69, 9.17) is 4.98 Å². The highest BCUT2D eigenvalue weighted by atomic mass is 15.2. The van der Waals surface area contributed by atoms with Crippen molar-refractivity contribution in [3.05, 3.63) is 71.4 Å². The molecule has 0 saturated carbocycles. The molecule has 25 heavy (non-hydrogen) atoms. The molecule has 0 spiro atoms. The Labute approximate surface area is 149 Å². The second kappa shape index (κ2) is 7.34. The first kappa shape index (κ1) is 17.0. The largest absolute Gasteiger partial charge is 0.326 e. The van der Waals surface area contributed by atoms with Gasteiger partial charge in [-0.2, -0.15) is 4.98 Å². The highest BCUT2D eigenvalue weighted by Gasteiger charge is 2.11. The maximum Gasteiger partial charge on any atom is 0.229 e. The van der Waals surface area contributed by atoms with Crippen molar-refractivity contribution in [2.24, 2.45) is 0 Å². The molecule has 0 fully saturated rings. The van der Waals surface area contributed by atoms with Crippen molar-refractivity contribution in [3.63, 3.8) is 0 Å². The summed E-state index contributed by atoms with van der Waals surface area (Å²) in [5, 5.41) is 3.35. The van der Waals surface area contributed by atoms with Crippen LogP contribution in [0.3, 0.4) is 0 Å². The predicted octanol–water partition coefficient (Wildman–Crippen LogP) is 5.30. The Morgan fingerprint density at radius 2 is 1.56 bits per heavy atom. The van der Waals surface area contributed by atoms with Gasteiger partial charge in [0.05, 0.1) is 0 Å². The second-order valence-corrected chi connectivity index (χ2v) is 6.27. The lowest BCUT2D eigenvalue weighted by molar-refractivity contribution is 0.969. The van der Waals surface area contributed by atoms with E-state index >= 15 is 0 Å². The van der Waals surface area contributed by atoms with Crippen LogP contribution in [0.2, 0.25) is 0 Å². The zero-order valence-electron chi connectivity index (χ0n) is 15.2. The summed E-state index contributed by atoms with van der Waals surface area (Å²) in [5.74, 6) is 1.52. The van der Waals surface area contributed by atoms with E-state index in [1.807, 2.05) is 31.2 Å². The van der Waals surface area contributed by atoms with Gasteiger partial charge in [0.15, 0.2) is 0 Å². The Kier molecular flexibility index (Phi) is 4.98. The van der Waals surface area contributed by atoms with Gasteiger partial charge >= 0.3 is 0 Å². The lowest BCUT2D eigenvalue weighted by Gasteiger charge is -2.23. The van der Waals surface area contributed by atoms with Crippen LogP contribution in [-0.2, 0) is 0 Å². The average molecular weight is 332 g/mol. The van der Waals surface area contributed by atoms with E-state index < -0.39 is 0 Å². The van der Waals surface area contributed by atoms with Gasteiger partial charge in [-0.1, -0.05) is 24.3 Å². The van der Waals surface area contributed by atoms with Crippen LogP contribution < -0.4 is 10.2 Å². The second-order valence-electron chi connectivity index (χ2n) is 6.27. The van der Waals surface area contributed by atoms with Gasteiger partial charge in [-0.15, -0.1) is 0 Å². The third-order valence-corrected chi connectivity index (χ3v) is 3.98. The maximum atomic E-state index is 4.74. The van der Waals surface area contributed by atoms with E-state index in [0.717, 1.165) is 29.4 Å². The van der Waals surface area contributed by atoms with E-state index in [2.05, 4.69) is 66.3 Å². The van der Waals surface area contributed by atoms with Gasteiger partial charge in [-0.3, -0.25) is 0 Å². The predicted molar refractivity (Wildman–Crippen MR) is 105 cm³/mol. The van der Waals surface area contributed by atoms with Gasteiger partial charge in [-0.25, -0.2) is 4.98 Å². The Bertz CT molecular complexity index is 839. The van der Waals surface area contributed by atoms with Gasteiger partial charge in [-0.05, 0) is 63.1 Å². The molecule has 0 aliphatic rings. The number of rotatable bonds is 5. The molecule has 0 aliphatic carbocycles. The molecule has 0 amide bonds. The Morgan fingerprint density at radius 1 is 0.880 bits per heavy atom. The molecule has 0 bridgehead atoms. The number of hydrogen-bond acceptors (Lipinski definition) is 4. The summed E-state index contributed by atoms with van der Waals surface area (Å²) in [6, 6.07) is 18.7. The van der Waals surface area contributed by atoms with E-state index in [0.29, 0.717) is 5.95 Å². The molecule has 1 heterocycles. The number of para-hydroxylation sites is 1. The lowest BCUT2D eigenvalue weighted by atomic mass is 10.1. The minimum Gasteiger partial charge on any atom is -0.326 e. The fraction of sp³-hybridized carbons (Fsp3) is 0.238. The summed E-state index contributed by atoms with van der Waals surface area (Å²) in [6.07, 6.45) is 0. The number of hydrogen-bond donors (Lipinski definition) is 1. The summed E-state index contributed by atoms with van der Waals surface area (Å²) in [5.41, 5.74) is 5.51. The maximum absolute atomic E-state index is 4.74. The quantitative estimate of drug-likeness (QED) is 0.688. The van der Waals surface area contributed by atoms with E-state index in [1.165, 1.54) is 11.1 Å². The van der Waals surface area contributed by atoms with Crippen molar-refractivity contribution in [1.82, 2.24) is 9.97 Å². The topological polar surface area (TPSA) is 41.1 Å². The number of aryl methyl sites for hydroxylation is 3. The minimum atomic E-state index is 0.620. The van der Waals surface area contributed by atoms with E-state index in [9.17, 15) is 0 Å². The van der Waals surface area contributed by atoms with Crippen LogP contribution in [0.1, 0.15) is 23.7 Å². The smallest absolute Gasteiger partial charge is 0.229 e. The van der Waals surface area contributed by atoms with Crippen LogP contribution in [0.5, 0.6) is 0 Å². The molecule has 128 valence electrons. The molecule has 0 unspecified atom stereocenters. The SMILES string of the molecule is CCN(c1ccccc1)c1cc(C)nc(Nc2cc(C)cc(C)c2)n1. The first-order valence-corrected chi connectivity index (χ1v) is 8.59. The van der Waals surface area contributed by atoms with Crippen LogP contribution in [0.25, 0.3) is 0 Å². The monoisotopic (exact) mass is 332 g/mol. The van der Waals surface area contributed by atoms with Crippen molar-refractivity contribution in [1.29, 1.82) is 0 Å². The summed E-state index contributed by atoms with van der Waals surface area (Å²) in [7, 11) is 0. The van der Waals surface area contributed by atoms with Crippen LogP contribution in [-0.4, -0.2) is 16.5 Å². The highest BCUT2D eigenvalue weighted by molar-refractivity contribution is 5.63. The number of benzene rings is 2. The van der Waals surface area contributed by atoms with Crippen LogP contribution in [0.15, 0.2) is 54.6 Å². The van der Waals surface area contributed by atoms with Crippen molar-refractivity contribution >= 4 is 23.1 Å². The molecule has 3 aromatic rings. The number of aromatic nitrogens is 2. The summed E-state index contributed by atoms with van der Waals surface area (Å²) in [6.45, 7) is 9.14. The lowest BCUT2D eigenvalue weighted by Crippen LogP contribution is -2.18. The van der Waals surface area contributed by atoms with Crippen molar-refractivity contribution < 1.29 is 0 Å². The summed E-state index contributed by atoms with van der Waals surface area (Å²) in [4.78, 5) is 11.5. The zero-order valence-corrected chi connectivity index (χ0v) is 15.2. The minimum absolute atomic E-state index is 0.620. The number of nitrogens with one attached hydrogen (secondary N) is 1. The standard InChI is InChI=1S/C21H24N4/c1-5-25(19-9-7-6-8-10-19)20-14-17(4)22-21(24-20)23-18-12-15(2)11-16(3)13-18/h6-14H,5H2,1-4H3,(H,22,23,24). The Hall–Kier alpha value is -2.88. The highest BCUT2D eigenvalue weighted by Crippen LogP contribution is 2.25. The van der Waals surface area contributed by atoms with Crippen LogP contribution in [0, 0.1) is 20.8 Å². The molecular formula is C21H24N4. The van der Waals surface area contributed by atoms with E-state index in [1.54, 1.807) is 0 Å². The molecule has 1 N–H and O–H groups in total. The first-order valence-electron chi connectivity index (χ1n) is 8.59. The van der Waals surface area contributed by atoms with Crippen LogP contribution >= 0.6 is 0 Å². The molecule has 0 aliphatic heterocycles. The van der Waals surface area contributed by atoms with Crippen molar-refractivity contribution in [2.75, 3.05) is 16.8 Å². The van der Waals surface area contributed by atoms with Gasteiger partial charge in [0.2, 0.25) is 5.95 Å². The van der Waals surface area contributed by atoms with Gasteiger partial charge in [0, 0.05) is 29.7 Å². The van der Waals surface area contributed by atoms with Crippen molar-refractivity contribution in [3.8, 4) is 0 Å². The van der Waals surface area contributed by atoms with Crippen molar-refractivity contribution in [2.45, 2.75) is 27.7 Å². The molecule has 4 nitrogen and oxygen atoms in total. The van der Waals surface area contributed by atoms with Gasteiger partial charge < -0.3 is 10.2 Å². The normalized spacial score (nSPS) is 10.6. The molecule has 0 radical (unpaired) electrons. The summed E-state index contributed by atoms with van der Waals surface area (Å²) < 4.78 is 0. The molecule has 2 aromatic carbocycles. The third kappa shape index (κ3) is 4.15. The summed E-state index contributed by atoms with van der Waals surface area (Å²) >= 11 is 0. The number of nitrogens with zero attached hydrogens (tertiary/aromatic N) is 3. The third-order valence-electron chi connectivity index (χ3n) is 3.98. The Balaban J connectivity index is 1.94. The molecular weight excluding hydrogens is 308 g/mol. The molecule has 0 saturated heterocycles. The molecule has 4 heteroatoms.